The second-order valence-corrected chi connectivity index (χ2v) is 13.2. The van der Waals surface area contributed by atoms with E-state index in [9.17, 15) is 0 Å². The SMILES string of the molecule is c1ccc(-c2ccc(-c3nc(-c4ccc(-c5ccccc5)cc4)nc(-c4ccc5c(c4)oc4c6ccccc6c(-c6ccccc6)cc54)n3)cc2)cc1. The molecule has 53 heavy (non-hydrogen) atoms. The van der Waals surface area contributed by atoms with E-state index < -0.39 is 0 Å². The van der Waals surface area contributed by atoms with Gasteiger partial charge in [0.05, 0.1) is 0 Å². The average Bonchev–Trinajstić information content (AvgIpc) is 3.62. The van der Waals surface area contributed by atoms with Gasteiger partial charge in [-0.2, -0.15) is 0 Å². The van der Waals surface area contributed by atoms with E-state index in [-0.39, 0.29) is 0 Å². The number of fused-ring (bicyclic) bond motifs is 5. The van der Waals surface area contributed by atoms with Gasteiger partial charge in [-0.1, -0.05) is 170 Å². The summed E-state index contributed by atoms with van der Waals surface area (Å²) in [6.45, 7) is 0. The van der Waals surface area contributed by atoms with Crippen LogP contribution in [0.2, 0.25) is 0 Å². The zero-order valence-electron chi connectivity index (χ0n) is 28.6. The van der Waals surface area contributed by atoms with Crippen LogP contribution < -0.4 is 0 Å². The number of benzene rings is 8. The van der Waals surface area contributed by atoms with E-state index in [0.717, 1.165) is 71.7 Å². The molecule has 2 heterocycles. The van der Waals surface area contributed by atoms with Gasteiger partial charge in [-0.05, 0) is 57.0 Å². The fourth-order valence-electron chi connectivity index (χ4n) is 7.24. The lowest BCUT2D eigenvalue weighted by atomic mass is 9.95. The summed E-state index contributed by atoms with van der Waals surface area (Å²) in [6, 6.07) is 65.1. The second-order valence-electron chi connectivity index (χ2n) is 13.2. The van der Waals surface area contributed by atoms with Gasteiger partial charge in [0.25, 0.3) is 0 Å². The van der Waals surface area contributed by atoms with E-state index in [2.05, 4.69) is 176 Å². The molecule has 10 aromatic rings. The van der Waals surface area contributed by atoms with Crippen molar-refractivity contribution in [3.8, 4) is 67.5 Å². The zero-order valence-corrected chi connectivity index (χ0v) is 28.6. The van der Waals surface area contributed by atoms with E-state index in [4.69, 9.17) is 19.4 Å². The molecule has 0 bridgehead atoms. The van der Waals surface area contributed by atoms with Crippen LogP contribution in [0.15, 0.2) is 192 Å². The van der Waals surface area contributed by atoms with Gasteiger partial charge >= 0.3 is 0 Å². The molecule has 0 radical (unpaired) electrons. The van der Waals surface area contributed by atoms with Crippen LogP contribution in [0.25, 0.3) is 100 Å². The molecule has 4 heteroatoms. The Bertz CT molecular complexity index is 2800. The molecular weight excluding hydrogens is 647 g/mol. The van der Waals surface area contributed by atoms with Crippen LogP contribution in [0, 0.1) is 0 Å². The smallest absolute Gasteiger partial charge is 0.164 e. The number of rotatable bonds is 6. The van der Waals surface area contributed by atoms with E-state index in [1.54, 1.807) is 0 Å². The monoisotopic (exact) mass is 677 g/mol. The Balaban J connectivity index is 1.11. The molecule has 0 spiro atoms. The van der Waals surface area contributed by atoms with Gasteiger partial charge in [0.1, 0.15) is 11.2 Å². The first-order valence-electron chi connectivity index (χ1n) is 17.8. The quantitative estimate of drug-likeness (QED) is 0.176. The first-order valence-corrected chi connectivity index (χ1v) is 17.8. The molecule has 0 N–H and O–H groups in total. The summed E-state index contributed by atoms with van der Waals surface area (Å²) in [5, 5.41) is 4.38. The lowest BCUT2D eigenvalue weighted by Gasteiger charge is -2.10. The highest BCUT2D eigenvalue weighted by atomic mass is 16.3. The van der Waals surface area contributed by atoms with Crippen LogP contribution in [-0.4, -0.2) is 15.0 Å². The van der Waals surface area contributed by atoms with Crippen LogP contribution in [0.4, 0.5) is 0 Å². The largest absolute Gasteiger partial charge is 0.455 e. The molecule has 0 aliphatic carbocycles. The molecule has 0 aliphatic heterocycles. The molecule has 4 nitrogen and oxygen atoms in total. The van der Waals surface area contributed by atoms with Gasteiger partial charge in [0, 0.05) is 32.8 Å². The molecular formula is C49H31N3O. The molecule has 0 atom stereocenters. The minimum atomic E-state index is 0.585. The lowest BCUT2D eigenvalue weighted by molar-refractivity contribution is 0.673. The van der Waals surface area contributed by atoms with E-state index in [0.29, 0.717) is 17.5 Å². The third-order valence-electron chi connectivity index (χ3n) is 9.96. The summed E-state index contributed by atoms with van der Waals surface area (Å²) >= 11 is 0. The van der Waals surface area contributed by atoms with Gasteiger partial charge < -0.3 is 4.42 Å². The molecule has 0 aliphatic rings. The third-order valence-corrected chi connectivity index (χ3v) is 9.96. The van der Waals surface area contributed by atoms with Crippen molar-refractivity contribution in [3.63, 3.8) is 0 Å². The maximum Gasteiger partial charge on any atom is 0.164 e. The zero-order chi connectivity index (χ0) is 35.1. The Labute approximate surface area is 306 Å². The Hall–Kier alpha value is -7.17. The van der Waals surface area contributed by atoms with E-state index in [1.807, 2.05) is 12.1 Å². The summed E-state index contributed by atoms with van der Waals surface area (Å²) in [5.41, 5.74) is 11.3. The molecule has 248 valence electrons. The normalized spacial score (nSPS) is 11.4. The second kappa shape index (κ2) is 12.9. The van der Waals surface area contributed by atoms with Crippen molar-refractivity contribution in [2.45, 2.75) is 0 Å². The molecule has 0 fully saturated rings. The van der Waals surface area contributed by atoms with Gasteiger partial charge in [0.15, 0.2) is 17.5 Å². The lowest BCUT2D eigenvalue weighted by Crippen LogP contribution is -2.00. The van der Waals surface area contributed by atoms with Crippen LogP contribution >= 0.6 is 0 Å². The van der Waals surface area contributed by atoms with Gasteiger partial charge in [-0.3, -0.25) is 0 Å². The predicted octanol–water partition coefficient (Wildman–Crippen LogP) is 12.9. The molecule has 10 rings (SSSR count). The highest BCUT2D eigenvalue weighted by Crippen LogP contribution is 2.41. The Kier molecular flexibility index (Phi) is 7.43. The Morgan fingerprint density at radius 3 is 1.25 bits per heavy atom. The van der Waals surface area contributed by atoms with Crippen LogP contribution in [0.3, 0.4) is 0 Å². The van der Waals surface area contributed by atoms with E-state index in [1.165, 1.54) is 11.1 Å². The number of furan rings is 1. The van der Waals surface area contributed by atoms with Crippen LogP contribution in [0.1, 0.15) is 0 Å². The summed E-state index contributed by atoms with van der Waals surface area (Å²) in [6.07, 6.45) is 0. The molecule has 2 aromatic heterocycles. The third kappa shape index (κ3) is 5.63. The predicted molar refractivity (Wildman–Crippen MR) is 217 cm³/mol. The topological polar surface area (TPSA) is 51.8 Å². The maximum atomic E-state index is 6.69. The molecule has 0 amide bonds. The van der Waals surface area contributed by atoms with Gasteiger partial charge in [-0.15, -0.1) is 0 Å². The molecule has 0 unspecified atom stereocenters. The average molecular weight is 678 g/mol. The number of aromatic nitrogens is 3. The van der Waals surface area contributed by atoms with Gasteiger partial charge in [-0.25, -0.2) is 15.0 Å². The number of hydrogen-bond acceptors (Lipinski definition) is 4. The van der Waals surface area contributed by atoms with Crippen molar-refractivity contribution in [2.24, 2.45) is 0 Å². The van der Waals surface area contributed by atoms with Crippen molar-refractivity contribution in [1.82, 2.24) is 15.0 Å². The highest BCUT2D eigenvalue weighted by molar-refractivity contribution is 6.19. The molecule has 0 saturated carbocycles. The number of nitrogens with zero attached hydrogens (tertiary/aromatic N) is 3. The summed E-state index contributed by atoms with van der Waals surface area (Å²) in [7, 11) is 0. The Morgan fingerprint density at radius 2 is 0.698 bits per heavy atom. The summed E-state index contributed by atoms with van der Waals surface area (Å²) in [5.74, 6) is 1.81. The maximum absolute atomic E-state index is 6.69. The van der Waals surface area contributed by atoms with E-state index >= 15 is 0 Å². The summed E-state index contributed by atoms with van der Waals surface area (Å²) < 4.78 is 6.69. The summed E-state index contributed by atoms with van der Waals surface area (Å²) in [4.78, 5) is 15.2. The van der Waals surface area contributed by atoms with Crippen molar-refractivity contribution in [3.05, 3.63) is 188 Å². The number of hydrogen-bond donors (Lipinski definition) is 0. The minimum Gasteiger partial charge on any atom is -0.455 e. The first kappa shape index (κ1) is 30.6. The van der Waals surface area contributed by atoms with Crippen molar-refractivity contribution in [1.29, 1.82) is 0 Å². The van der Waals surface area contributed by atoms with Crippen molar-refractivity contribution in [2.75, 3.05) is 0 Å². The van der Waals surface area contributed by atoms with Crippen LogP contribution in [0.5, 0.6) is 0 Å². The fourth-order valence-corrected chi connectivity index (χ4v) is 7.24. The fraction of sp³-hybridized carbons (Fsp3) is 0. The Morgan fingerprint density at radius 1 is 0.283 bits per heavy atom. The van der Waals surface area contributed by atoms with Crippen LogP contribution in [-0.2, 0) is 0 Å². The highest BCUT2D eigenvalue weighted by Gasteiger charge is 2.18. The molecule has 8 aromatic carbocycles. The standard InChI is InChI=1S/C49H31N3O/c1-4-12-32(13-5-1)34-20-24-37(25-21-34)47-50-48(38-26-22-35(23-27-38)33-14-6-2-7-15-33)52-49(51-47)39-28-29-41-44-31-43(36-16-8-3-9-17-36)40-18-10-11-19-42(40)46(44)53-45(41)30-39/h1-31H. The molecule has 0 saturated heterocycles. The first-order chi connectivity index (χ1) is 26.2. The minimum absolute atomic E-state index is 0.585. The van der Waals surface area contributed by atoms with Gasteiger partial charge in [0.2, 0.25) is 0 Å². The van der Waals surface area contributed by atoms with Crippen molar-refractivity contribution < 1.29 is 4.42 Å². The van der Waals surface area contributed by atoms with Crippen molar-refractivity contribution >= 4 is 32.7 Å².